The lowest BCUT2D eigenvalue weighted by Gasteiger charge is -2.11. The minimum absolute atomic E-state index is 0.171. The second-order valence-corrected chi connectivity index (χ2v) is 5.67. The van der Waals surface area contributed by atoms with E-state index >= 15 is 0 Å². The highest BCUT2D eigenvalue weighted by Gasteiger charge is 1.99. The summed E-state index contributed by atoms with van der Waals surface area (Å²) >= 11 is 0. The van der Waals surface area contributed by atoms with Crippen LogP contribution in [0.1, 0.15) is 25.8 Å². The lowest BCUT2D eigenvalue weighted by Crippen LogP contribution is -2.22. The molecular formula is C19H25N3O. The molecule has 0 spiro atoms. The van der Waals surface area contributed by atoms with E-state index in [1.165, 1.54) is 5.56 Å². The highest BCUT2D eigenvalue weighted by atomic mass is 16.5. The number of anilines is 1. The van der Waals surface area contributed by atoms with Gasteiger partial charge < -0.3 is 15.8 Å². The third-order valence-electron chi connectivity index (χ3n) is 3.25. The fourth-order valence-electron chi connectivity index (χ4n) is 2.20. The Labute approximate surface area is 138 Å². The van der Waals surface area contributed by atoms with E-state index in [9.17, 15) is 0 Å². The Morgan fingerprint density at radius 1 is 1.09 bits per heavy atom. The number of aryl methyl sites for hydroxylation is 1. The number of nitrogens with one attached hydrogen (secondary N) is 1. The van der Waals surface area contributed by atoms with Crippen LogP contribution in [-0.2, 0) is 6.42 Å². The summed E-state index contributed by atoms with van der Waals surface area (Å²) in [6.07, 6.45) is 2.16. The SMILES string of the molecule is CC(C)Oc1ccc(NC(N)=NCCCc2ccccc2)cc1. The van der Waals surface area contributed by atoms with Crippen molar-refractivity contribution in [3.05, 3.63) is 60.2 Å². The maximum Gasteiger partial charge on any atom is 0.193 e. The van der Waals surface area contributed by atoms with Gasteiger partial charge >= 0.3 is 0 Å². The van der Waals surface area contributed by atoms with Gasteiger partial charge in [0, 0.05) is 12.2 Å². The van der Waals surface area contributed by atoms with Crippen LogP contribution >= 0.6 is 0 Å². The number of benzene rings is 2. The first kappa shape index (κ1) is 16.9. The zero-order chi connectivity index (χ0) is 16.5. The molecule has 0 amide bonds. The Morgan fingerprint density at radius 2 is 1.78 bits per heavy atom. The van der Waals surface area contributed by atoms with Crippen LogP contribution in [0.15, 0.2) is 59.6 Å². The molecule has 4 nitrogen and oxygen atoms in total. The number of nitrogens with zero attached hydrogens (tertiary/aromatic N) is 1. The van der Waals surface area contributed by atoms with Crippen LogP contribution in [0.2, 0.25) is 0 Å². The van der Waals surface area contributed by atoms with E-state index in [4.69, 9.17) is 10.5 Å². The highest BCUT2D eigenvalue weighted by molar-refractivity contribution is 5.92. The number of hydrogen-bond donors (Lipinski definition) is 2. The van der Waals surface area contributed by atoms with Gasteiger partial charge in [0.25, 0.3) is 0 Å². The lowest BCUT2D eigenvalue weighted by molar-refractivity contribution is 0.242. The maximum absolute atomic E-state index is 5.91. The quantitative estimate of drug-likeness (QED) is 0.464. The number of hydrogen-bond acceptors (Lipinski definition) is 2. The third kappa shape index (κ3) is 6.43. The molecule has 0 aliphatic rings. The fraction of sp³-hybridized carbons (Fsp3) is 0.316. The Kier molecular flexibility index (Phi) is 6.48. The van der Waals surface area contributed by atoms with Gasteiger partial charge in [-0.15, -0.1) is 0 Å². The zero-order valence-electron chi connectivity index (χ0n) is 13.8. The molecule has 0 aliphatic carbocycles. The summed E-state index contributed by atoms with van der Waals surface area (Å²) in [5, 5.41) is 3.09. The average Bonchev–Trinajstić information content (AvgIpc) is 2.54. The number of rotatable bonds is 7. The first-order chi connectivity index (χ1) is 11.1. The molecule has 0 heterocycles. The van der Waals surface area contributed by atoms with Crippen LogP contribution in [-0.4, -0.2) is 18.6 Å². The molecule has 0 saturated heterocycles. The highest BCUT2D eigenvalue weighted by Crippen LogP contribution is 2.16. The second kappa shape index (κ2) is 8.83. The Balaban J connectivity index is 1.75. The van der Waals surface area contributed by atoms with Crippen molar-refractivity contribution in [3.63, 3.8) is 0 Å². The molecule has 0 fully saturated rings. The van der Waals surface area contributed by atoms with Gasteiger partial charge in [-0.2, -0.15) is 0 Å². The van der Waals surface area contributed by atoms with E-state index < -0.39 is 0 Å². The maximum atomic E-state index is 5.91. The molecule has 0 atom stereocenters. The standard InChI is InChI=1S/C19H25N3O/c1-15(2)23-18-12-10-17(11-13-18)22-19(20)21-14-6-9-16-7-4-3-5-8-16/h3-5,7-8,10-13,15H,6,9,14H2,1-2H3,(H3,20,21,22). The largest absolute Gasteiger partial charge is 0.491 e. The summed E-state index contributed by atoms with van der Waals surface area (Å²) in [5.74, 6) is 1.29. The smallest absolute Gasteiger partial charge is 0.193 e. The minimum Gasteiger partial charge on any atom is -0.491 e. The molecule has 122 valence electrons. The molecule has 2 aromatic carbocycles. The van der Waals surface area contributed by atoms with Crippen LogP contribution in [0.25, 0.3) is 0 Å². The topological polar surface area (TPSA) is 59.6 Å². The summed E-state index contributed by atoms with van der Waals surface area (Å²) < 4.78 is 5.61. The Morgan fingerprint density at radius 3 is 2.43 bits per heavy atom. The molecule has 3 N–H and O–H groups in total. The number of nitrogens with two attached hydrogens (primary N) is 1. The average molecular weight is 311 g/mol. The van der Waals surface area contributed by atoms with Gasteiger partial charge in [0.05, 0.1) is 6.10 Å². The molecular weight excluding hydrogens is 286 g/mol. The number of guanidine groups is 1. The molecule has 0 bridgehead atoms. The van der Waals surface area contributed by atoms with Crippen molar-refractivity contribution in [1.29, 1.82) is 0 Å². The monoisotopic (exact) mass is 311 g/mol. The van der Waals surface area contributed by atoms with Crippen molar-refractivity contribution >= 4 is 11.6 Å². The predicted octanol–water partition coefficient (Wildman–Crippen LogP) is 3.83. The molecule has 0 saturated carbocycles. The van der Waals surface area contributed by atoms with Crippen molar-refractivity contribution in [2.75, 3.05) is 11.9 Å². The molecule has 0 aliphatic heterocycles. The summed E-state index contributed by atoms with van der Waals surface area (Å²) in [5.41, 5.74) is 8.15. The van der Waals surface area contributed by atoms with Crippen LogP contribution in [0.3, 0.4) is 0 Å². The number of ether oxygens (including phenoxy) is 1. The second-order valence-electron chi connectivity index (χ2n) is 5.67. The third-order valence-corrected chi connectivity index (χ3v) is 3.25. The van der Waals surface area contributed by atoms with Gasteiger partial charge in [-0.25, -0.2) is 0 Å². The minimum atomic E-state index is 0.171. The van der Waals surface area contributed by atoms with Crippen LogP contribution in [0.4, 0.5) is 5.69 Å². The summed E-state index contributed by atoms with van der Waals surface area (Å²) in [4.78, 5) is 4.36. The van der Waals surface area contributed by atoms with Gasteiger partial charge in [0.1, 0.15) is 5.75 Å². The summed E-state index contributed by atoms with van der Waals surface area (Å²) in [6.45, 7) is 4.72. The van der Waals surface area contributed by atoms with Gasteiger partial charge in [0.2, 0.25) is 0 Å². The van der Waals surface area contributed by atoms with Crippen molar-refractivity contribution in [2.45, 2.75) is 32.8 Å². The molecule has 2 rings (SSSR count). The summed E-state index contributed by atoms with van der Waals surface area (Å²) in [7, 11) is 0. The number of aliphatic imine (C=N–C) groups is 1. The summed E-state index contributed by atoms with van der Waals surface area (Å²) in [6, 6.07) is 18.1. The van der Waals surface area contributed by atoms with Gasteiger partial charge in [-0.05, 0) is 56.5 Å². The first-order valence-electron chi connectivity index (χ1n) is 8.01. The van der Waals surface area contributed by atoms with Crippen LogP contribution in [0.5, 0.6) is 5.75 Å². The first-order valence-corrected chi connectivity index (χ1v) is 8.01. The molecule has 0 unspecified atom stereocenters. The molecule has 0 aromatic heterocycles. The van der Waals surface area contributed by atoms with Gasteiger partial charge in [0.15, 0.2) is 5.96 Å². The van der Waals surface area contributed by atoms with E-state index in [2.05, 4.69) is 34.6 Å². The van der Waals surface area contributed by atoms with Gasteiger partial charge in [-0.1, -0.05) is 30.3 Å². The van der Waals surface area contributed by atoms with Crippen LogP contribution in [0, 0.1) is 0 Å². The van der Waals surface area contributed by atoms with Gasteiger partial charge in [-0.3, -0.25) is 4.99 Å². The van der Waals surface area contributed by atoms with E-state index in [-0.39, 0.29) is 6.10 Å². The molecule has 2 aromatic rings. The fourth-order valence-corrected chi connectivity index (χ4v) is 2.20. The lowest BCUT2D eigenvalue weighted by atomic mass is 10.1. The van der Waals surface area contributed by atoms with E-state index in [0.29, 0.717) is 12.5 Å². The molecule has 4 heteroatoms. The normalized spacial score (nSPS) is 11.5. The van der Waals surface area contributed by atoms with E-state index in [1.54, 1.807) is 0 Å². The predicted molar refractivity (Wildman–Crippen MR) is 97.1 cm³/mol. The molecule has 23 heavy (non-hydrogen) atoms. The zero-order valence-corrected chi connectivity index (χ0v) is 13.8. The van der Waals surface area contributed by atoms with Crippen LogP contribution < -0.4 is 15.8 Å². The van der Waals surface area contributed by atoms with Crippen molar-refractivity contribution in [3.8, 4) is 5.75 Å². The Hall–Kier alpha value is -2.49. The van der Waals surface area contributed by atoms with Crippen molar-refractivity contribution < 1.29 is 4.74 Å². The van der Waals surface area contributed by atoms with E-state index in [0.717, 1.165) is 24.3 Å². The molecule has 0 radical (unpaired) electrons. The van der Waals surface area contributed by atoms with Crippen molar-refractivity contribution in [2.24, 2.45) is 10.7 Å². The Bertz CT molecular complexity index is 606. The van der Waals surface area contributed by atoms with E-state index in [1.807, 2.05) is 44.2 Å². The van der Waals surface area contributed by atoms with Crippen molar-refractivity contribution in [1.82, 2.24) is 0 Å².